The van der Waals surface area contributed by atoms with Crippen LogP contribution in [0.2, 0.25) is 0 Å². The summed E-state index contributed by atoms with van der Waals surface area (Å²) in [5.74, 6) is 0.758. The normalized spacial score (nSPS) is 11.3. The second-order valence-electron chi connectivity index (χ2n) is 7.43. The van der Waals surface area contributed by atoms with Gasteiger partial charge < -0.3 is 25.1 Å². The minimum Gasteiger partial charge on any atom is -0.508 e. The van der Waals surface area contributed by atoms with Crippen LogP contribution >= 0.6 is 0 Å². The molecule has 4 rings (SSSR count). The van der Waals surface area contributed by atoms with Crippen LogP contribution in [0.15, 0.2) is 36.4 Å². The van der Waals surface area contributed by atoms with Crippen LogP contribution in [-0.2, 0) is 24.7 Å². The Labute approximate surface area is 177 Å². The Bertz CT molecular complexity index is 1270. The predicted molar refractivity (Wildman–Crippen MR) is 115 cm³/mol. The maximum Gasteiger partial charge on any atom is 0.303 e. The van der Waals surface area contributed by atoms with E-state index in [1.54, 1.807) is 30.3 Å². The van der Waals surface area contributed by atoms with E-state index in [-0.39, 0.29) is 18.1 Å². The van der Waals surface area contributed by atoms with Gasteiger partial charge in [0.1, 0.15) is 17.4 Å². The van der Waals surface area contributed by atoms with Crippen LogP contribution in [-0.4, -0.2) is 48.2 Å². The van der Waals surface area contributed by atoms with E-state index in [0.717, 1.165) is 33.7 Å². The van der Waals surface area contributed by atoms with Gasteiger partial charge in [0.15, 0.2) is 0 Å². The molecule has 160 valence electrons. The fraction of sp³-hybridized carbons (Fsp3) is 0.273. The number of aromatic hydroxyl groups is 1. The number of fused-ring (bicyclic) bond motifs is 2. The SMILES string of the molecule is Cn1c(CCc2nc3cc(O)ccc3[nH]2)nc2ccc(C(=O)NCCCC(=O)O)cc21. The van der Waals surface area contributed by atoms with E-state index in [1.165, 1.54) is 0 Å². The fourth-order valence-electron chi connectivity index (χ4n) is 3.54. The summed E-state index contributed by atoms with van der Waals surface area (Å²) in [7, 11) is 1.91. The summed E-state index contributed by atoms with van der Waals surface area (Å²) in [6, 6.07) is 10.4. The Morgan fingerprint density at radius 1 is 1.10 bits per heavy atom. The lowest BCUT2D eigenvalue weighted by Gasteiger charge is -2.05. The van der Waals surface area contributed by atoms with E-state index in [2.05, 4.69) is 20.3 Å². The van der Waals surface area contributed by atoms with Gasteiger partial charge in [-0.15, -0.1) is 0 Å². The Balaban J connectivity index is 1.45. The van der Waals surface area contributed by atoms with Crippen molar-refractivity contribution in [3.8, 4) is 5.75 Å². The molecule has 0 atom stereocenters. The maximum absolute atomic E-state index is 12.4. The molecule has 0 aliphatic carbocycles. The van der Waals surface area contributed by atoms with Crippen molar-refractivity contribution in [2.75, 3.05) is 6.54 Å². The number of H-pyrrole nitrogens is 1. The molecule has 0 saturated heterocycles. The van der Waals surface area contributed by atoms with Crippen molar-refractivity contribution in [2.45, 2.75) is 25.7 Å². The number of carboxylic acid groups (broad SMARTS) is 1. The smallest absolute Gasteiger partial charge is 0.303 e. The fourth-order valence-corrected chi connectivity index (χ4v) is 3.54. The zero-order valence-corrected chi connectivity index (χ0v) is 17.1. The Morgan fingerprint density at radius 3 is 2.74 bits per heavy atom. The molecule has 9 heteroatoms. The van der Waals surface area contributed by atoms with Gasteiger partial charge in [-0.05, 0) is 36.8 Å². The number of nitrogens with zero attached hydrogens (tertiary/aromatic N) is 3. The number of amides is 1. The highest BCUT2D eigenvalue weighted by Crippen LogP contribution is 2.20. The third-order valence-electron chi connectivity index (χ3n) is 5.19. The van der Waals surface area contributed by atoms with Crippen LogP contribution in [0.4, 0.5) is 0 Å². The van der Waals surface area contributed by atoms with Crippen LogP contribution in [0.1, 0.15) is 34.8 Å². The summed E-state index contributed by atoms with van der Waals surface area (Å²) >= 11 is 0. The second-order valence-corrected chi connectivity index (χ2v) is 7.43. The van der Waals surface area contributed by atoms with Crippen LogP contribution in [0.3, 0.4) is 0 Å². The molecule has 0 radical (unpaired) electrons. The minimum absolute atomic E-state index is 0.0246. The number of aromatic nitrogens is 4. The van der Waals surface area contributed by atoms with Crippen LogP contribution in [0.5, 0.6) is 5.75 Å². The predicted octanol–water partition coefficient (Wildman–Crippen LogP) is 2.54. The highest BCUT2D eigenvalue weighted by molar-refractivity contribution is 5.97. The number of aryl methyl sites for hydroxylation is 3. The molecular formula is C22H23N5O4. The van der Waals surface area contributed by atoms with Crippen molar-refractivity contribution >= 4 is 33.9 Å². The summed E-state index contributed by atoms with van der Waals surface area (Å²) in [5, 5.41) is 21.0. The molecule has 4 aromatic rings. The quantitative estimate of drug-likeness (QED) is 0.323. The third kappa shape index (κ3) is 4.50. The average Bonchev–Trinajstić information content (AvgIpc) is 3.29. The zero-order chi connectivity index (χ0) is 22.0. The second kappa shape index (κ2) is 8.47. The van der Waals surface area contributed by atoms with E-state index in [1.807, 2.05) is 17.7 Å². The Morgan fingerprint density at radius 2 is 1.94 bits per heavy atom. The number of imidazole rings is 2. The van der Waals surface area contributed by atoms with Gasteiger partial charge in [-0.1, -0.05) is 0 Å². The number of nitrogens with one attached hydrogen (secondary N) is 2. The van der Waals surface area contributed by atoms with Gasteiger partial charge in [0, 0.05) is 44.5 Å². The van der Waals surface area contributed by atoms with Gasteiger partial charge in [0.05, 0.1) is 22.1 Å². The van der Waals surface area contributed by atoms with E-state index in [9.17, 15) is 14.7 Å². The van der Waals surface area contributed by atoms with Crippen molar-refractivity contribution in [1.82, 2.24) is 24.8 Å². The summed E-state index contributed by atoms with van der Waals surface area (Å²) < 4.78 is 1.96. The first-order chi connectivity index (χ1) is 14.9. The average molecular weight is 421 g/mol. The number of aromatic amines is 1. The molecule has 1 amide bonds. The van der Waals surface area contributed by atoms with E-state index in [0.29, 0.717) is 31.4 Å². The van der Waals surface area contributed by atoms with Gasteiger partial charge in [0.25, 0.3) is 5.91 Å². The molecule has 0 bridgehead atoms. The number of rotatable bonds is 8. The molecule has 0 spiro atoms. The number of phenols is 1. The molecular weight excluding hydrogens is 398 g/mol. The van der Waals surface area contributed by atoms with Gasteiger partial charge in [-0.2, -0.15) is 0 Å². The molecule has 4 N–H and O–H groups in total. The van der Waals surface area contributed by atoms with Gasteiger partial charge >= 0.3 is 5.97 Å². The number of hydrogen-bond acceptors (Lipinski definition) is 5. The number of hydrogen-bond donors (Lipinski definition) is 4. The monoisotopic (exact) mass is 421 g/mol. The standard InChI is InChI=1S/C22H23N5O4/c1-27-18-11-13(22(31)23-10-2-3-21(29)30)4-6-16(18)26-20(27)9-8-19-24-15-7-5-14(28)12-17(15)25-19/h4-7,11-12,28H,2-3,8-10H2,1H3,(H,23,31)(H,24,25)(H,29,30). The minimum atomic E-state index is -0.876. The molecule has 2 heterocycles. The Kier molecular flexibility index (Phi) is 5.57. The number of phenolic OH excluding ortho intramolecular Hbond substituents is 1. The largest absolute Gasteiger partial charge is 0.508 e. The van der Waals surface area contributed by atoms with Crippen molar-refractivity contribution in [1.29, 1.82) is 0 Å². The topological polar surface area (TPSA) is 133 Å². The van der Waals surface area contributed by atoms with Gasteiger partial charge in [0.2, 0.25) is 0 Å². The molecule has 9 nitrogen and oxygen atoms in total. The molecule has 0 saturated carbocycles. The highest BCUT2D eigenvalue weighted by Gasteiger charge is 2.13. The van der Waals surface area contributed by atoms with Crippen molar-refractivity contribution < 1.29 is 19.8 Å². The molecule has 0 fully saturated rings. The van der Waals surface area contributed by atoms with E-state index < -0.39 is 5.97 Å². The Hall–Kier alpha value is -3.88. The number of carboxylic acids is 1. The molecule has 2 aromatic heterocycles. The van der Waals surface area contributed by atoms with Crippen molar-refractivity contribution in [3.63, 3.8) is 0 Å². The molecule has 0 aliphatic heterocycles. The van der Waals surface area contributed by atoms with E-state index >= 15 is 0 Å². The van der Waals surface area contributed by atoms with Crippen molar-refractivity contribution in [2.24, 2.45) is 7.05 Å². The summed E-state index contributed by atoms with van der Waals surface area (Å²) in [4.78, 5) is 35.4. The molecule has 0 unspecified atom stereocenters. The number of aliphatic carboxylic acids is 1. The van der Waals surface area contributed by atoms with Gasteiger partial charge in [-0.25, -0.2) is 9.97 Å². The highest BCUT2D eigenvalue weighted by atomic mass is 16.4. The summed E-state index contributed by atoms with van der Waals surface area (Å²) in [6.45, 7) is 0.315. The van der Waals surface area contributed by atoms with Crippen LogP contribution in [0.25, 0.3) is 22.1 Å². The summed E-state index contributed by atoms with van der Waals surface area (Å²) in [6.07, 6.45) is 1.73. The lowest BCUT2D eigenvalue weighted by Crippen LogP contribution is -2.24. The van der Waals surface area contributed by atoms with E-state index in [4.69, 9.17) is 5.11 Å². The van der Waals surface area contributed by atoms with Crippen LogP contribution in [0, 0.1) is 0 Å². The first-order valence-electron chi connectivity index (χ1n) is 10.0. The molecule has 31 heavy (non-hydrogen) atoms. The maximum atomic E-state index is 12.4. The third-order valence-corrected chi connectivity index (χ3v) is 5.19. The van der Waals surface area contributed by atoms with Crippen LogP contribution < -0.4 is 5.32 Å². The number of carbonyl (C=O) groups excluding carboxylic acids is 1. The lowest BCUT2D eigenvalue weighted by atomic mass is 10.2. The zero-order valence-electron chi connectivity index (χ0n) is 17.1. The number of benzene rings is 2. The molecule has 2 aromatic carbocycles. The first-order valence-corrected chi connectivity index (χ1v) is 10.0. The summed E-state index contributed by atoms with van der Waals surface area (Å²) in [5.41, 5.74) is 3.75. The number of carbonyl (C=O) groups is 2. The van der Waals surface area contributed by atoms with Gasteiger partial charge in [-0.3, -0.25) is 9.59 Å². The lowest BCUT2D eigenvalue weighted by molar-refractivity contribution is -0.137. The molecule has 0 aliphatic rings. The first kappa shape index (κ1) is 20.4. The van der Waals surface area contributed by atoms with Crippen molar-refractivity contribution in [3.05, 3.63) is 53.6 Å².